The average Bonchev–Trinajstić information content (AvgIpc) is 3.17. The van der Waals surface area contributed by atoms with Gasteiger partial charge in [0.2, 0.25) is 0 Å². The zero-order chi connectivity index (χ0) is 17.2. The first-order chi connectivity index (χ1) is 12.2. The van der Waals surface area contributed by atoms with Gasteiger partial charge in [-0.05, 0) is 106 Å². The second-order valence-electron chi connectivity index (χ2n) is 10.5. The molecule has 0 heterocycles. The molecule has 144 valence electrons. The van der Waals surface area contributed by atoms with E-state index in [-0.39, 0.29) is 0 Å². The summed E-state index contributed by atoms with van der Waals surface area (Å²) in [6.45, 7) is 2.24. The highest BCUT2D eigenvalue weighted by molar-refractivity contribution is 4.89. The van der Waals surface area contributed by atoms with Crippen LogP contribution >= 0.6 is 0 Å². The van der Waals surface area contributed by atoms with Gasteiger partial charge in [-0.2, -0.15) is 0 Å². The normalized spacial score (nSPS) is 47.0. The zero-order valence-electron chi connectivity index (χ0n) is 16.6. The lowest BCUT2D eigenvalue weighted by Gasteiger charge is -2.42. The Morgan fingerprint density at radius 1 is 0.520 bits per heavy atom. The Kier molecular flexibility index (Phi) is 6.08. The topological polar surface area (TPSA) is 0 Å². The van der Waals surface area contributed by atoms with Gasteiger partial charge in [0.25, 0.3) is 0 Å². The molecule has 0 aromatic rings. The van der Waals surface area contributed by atoms with Gasteiger partial charge in [-0.3, -0.25) is 0 Å². The van der Waals surface area contributed by atoms with Crippen molar-refractivity contribution in [2.75, 3.05) is 0 Å². The molecule has 4 saturated carbocycles. The molecule has 0 bridgehead atoms. The third-order valence-electron chi connectivity index (χ3n) is 9.06. The molecule has 25 heavy (non-hydrogen) atoms. The van der Waals surface area contributed by atoms with Gasteiger partial charge in [-0.25, -0.2) is 4.39 Å². The van der Waals surface area contributed by atoms with Crippen LogP contribution in [0.4, 0.5) is 4.39 Å². The monoisotopic (exact) mass is 348 g/mol. The Balaban J connectivity index is 1.21. The van der Waals surface area contributed by atoms with Gasteiger partial charge >= 0.3 is 0 Å². The van der Waals surface area contributed by atoms with Crippen molar-refractivity contribution in [1.29, 1.82) is 0 Å². The summed E-state index contributed by atoms with van der Waals surface area (Å²) in [5.74, 6) is 5.92. The highest BCUT2D eigenvalue weighted by Gasteiger charge is 2.38. The van der Waals surface area contributed by atoms with Crippen molar-refractivity contribution >= 4 is 0 Å². The second kappa shape index (κ2) is 8.30. The van der Waals surface area contributed by atoms with Crippen LogP contribution in [0.25, 0.3) is 0 Å². The van der Waals surface area contributed by atoms with Crippen molar-refractivity contribution in [1.82, 2.24) is 0 Å². The van der Waals surface area contributed by atoms with Gasteiger partial charge in [-0.15, -0.1) is 0 Å². The summed E-state index contributed by atoms with van der Waals surface area (Å²) < 4.78 is 14.5. The first-order valence-corrected chi connectivity index (χ1v) is 11.8. The summed E-state index contributed by atoms with van der Waals surface area (Å²) >= 11 is 0. The molecule has 4 aliphatic carbocycles. The summed E-state index contributed by atoms with van der Waals surface area (Å²) in [5, 5.41) is 0. The zero-order valence-corrected chi connectivity index (χ0v) is 16.6. The summed E-state index contributed by atoms with van der Waals surface area (Å²) in [5.41, 5.74) is 0. The first-order valence-electron chi connectivity index (χ1n) is 11.8. The molecule has 0 amide bonds. The van der Waals surface area contributed by atoms with E-state index in [2.05, 4.69) is 6.92 Å². The Morgan fingerprint density at radius 3 is 1.44 bits per heavy atom. The number of alkyl halides is 1. The molecular formula is C24H41F. The maximum atomic E-state index is 14.5. The standard InChI is InChI=1S/C24H41F/c1-17-6-15-23(24(25)16-17)22-13-11-21(12-14-22)20-9-7-19(8-10-20)18-4-2-3-5-18/h17-24H,2-16H2,1H3. The molecule has 0 aliphatic heterocycles. The number of hydrogen-bond acceptors (Lipinski definition) is 0. The molecule has 0 nitrogen and oxygen atoms in total. The van der Waals surface area contributed by atoms with Crippen LogP contribution in [-0.4, -0.2) is 6.17 Å². The molecular weight excluding hydrogens is 307 g/mol. The third kappa shape index (κ3) is 4.27. The molecule has 3 atom stereocenters. The van der Waals surface area contributed by atoms with E-state index in [1.165, 1.54) is 89.9 Å². The molecule has 0 spiro atoms. The highest BCUT2D eigenvalue weighted by Crippen LogP contribution is 2.48. The van der Waals surface area contributed by atoms with E-state index < -0.39 is 6.17 Å². The fraction of sp³-hybridized carbons (Fsp3) is 1.00. The van der Waals surface area contributed by atoms with Crippen molar-refractivity contribution in [3.05, 3.63) is 0 Å². The van der Waals surface area contributed by atoms with E-state index in [9.17, 15) is 4.39 Å². The summed E-state index contributed by atoms with van der Waals surface area (Å²) in [6, 6.07) is 0. The van der Waals surface area contributed by atoms with Crippen LogP contribution in [0.2, 0.25) is 0 Å². The lowest BCUT2D eigenvalue weighted by Crippen LogP contribution is -2.35. The van der Waals surface area contributed by atoms with Gasteiger partial charge in [-0.1, -0.05) is 39.0 Å². The predicted octanol–water partition coefficient (Wildman–Crippen LogP) is 7.56. The second-order valence-corrected chi connectivity index (χ2v) is 10.5. The fourth-order valence-corrected chi connectivity index (χ4v) is 7.43. The first kappa shape index (κ1) is 18.3. The molecule has 0 saturated heterocycles. The largest absolute Gasteiger partial charge is 0.247 e. The minimum absolute atomic E-state index is 0.412. The van der Waals surface area contributed by atoms with Crippen LogP contribution in [0, 0.1) is 41.4 Å². The molecule has 3 unspecified atom stereocenters. The Hall–Kier alpha value is -0.0700. The summed E-state index contributed by atoms with van der Waals surface area (Å²) in [6.07, 6.45) is 20.5. The van der Waals surface area contributed by atoms with E-state index in [4.69, 9.17) is 0 Å². The van der Waals surface area contributed by atoms with Crippen molar-refractivity contribution in [3.63, 3.8) is 0 Å². The Bertz CT molecular complexity index is 396. The van der Waals surface area contributed by atoms with Crippen LogP contribution < -0.4 is 0 Å². The van der Waals surface area contributed by atoms with E-state index >= 15 is 0 Å². The molecule has 4 fully saturated rings. The average molecular weight is 349 g/mol. The molecule has 0 radical (unpaired) electrons. The maximum absolute atomic E-state index is 14.5. The predicted molar refractivity (Wildman–Crippen MR) is 104 cm³/mol. The summed E-state index contributed by atoms with van der Waals surface area (Å²) in [4.78, 5) is 0. The van der Waals surface area contributed by atoms with Gasteiger partial charge < -0.3 is 0 Å². The van der Waals surface area contributed by atoms with E-state index in [1.54, 1.807) is 0 Å². The van der Waals surface area contributed by atoms with Crippen LogP contribution in [0.3, 0.4) is 0 Å². The fourth-order valence-electron chi connectivity index (χ4n) is 7.43. The number of hydrogen-bond donors (Lipinski definition) is 0. The Morgan fingerprint density at radius 2 is 0.960 bits per heavy atom. The van der Waals surface area contributed by atoms with E-state index in [0.717, 1.165) is 30.1 Å². The Labute approximate surface area is 155 Å². The summed E-state index contributed by atoms with van der Waals surface area (Å²) in [7, 11) is 0. The van der Waals surface area contributed by atoms with Gasteiger partial charge in [0.05, 0.1) is 0 Å². The molecule has 0 aromatic heterocycles. The molecule has 4 rings (SSSR count). The SMILES string of the molecule is CC1CCC(C2CCC(C3CCC(C4CCCC4)CC3)CC2)C(F)C1. The lowest BCUT2D eigenvalue weighted by molar-refractivity contribution is 0.0486. The van der Waals surface area contributed by atoms with Crippen molar-refractivity contribution in [2.45, 2.75) is 109 Å². The molecule has 4 aliphatic rings. The number of halogens is 1. The minimum Gasteiger partial charge on any atom is -0.247 e. The van der Waals surface area contributed by atoms with Gasteiger partial charge in [0.15, 0.2) is 0 Å². The van der Waals surface area contributed by atoms with Gasteiger partial charge in [0.1, 0.15) is 6.17 Å². The quantitative estimate of drug-likeness (QED) is 0.493. The maximum Gasteiger partial charge on any atom is 0.103 e. The third-order valence-corrected chi connectivity index (χ3v) is 9.06. The van der Waals surface area contributed by atoms with Crippen LogP contribution in [0.15, 0.2) is 0 Å². The lowest BCUT2D eigenvalue weighted by atomic mass is 9.64. The minimum atomic E-state index is -0.493. The van der Waals surface area contributed by atoms with Gasteiger partial charge in [0, 0.05) is 0 Å². The highest BCUT2D eigenvalue weighted by atomic mass is 19.1. The molecule has 0 aromatic carbocycles. The van der Waals surface area contributed by atoms with Crippen molar-refractivity contribution in [2.24, 2.45) is 41.4 Å². The van der Waals surface area contributed by atoms with E-state index in [0.29, 0.717) is 17.8 Å². The molecule has 0 N–H and O–H groups in total. The van der Waals surface area contributed by atoms with Crippen molar-refractivity contribution in [3.8, 4) is 0 Å². The van der Waals surface area contributed by atoms with Crippen LogP contribution in [0.1, 0.15) is 103 Å². The number of rotatable bonds is 3. The van der Waals surface area contributed by atoms with Crippen molar-refractivity contribution < 1.29 is 4.39 Å². The smallest absolute Gasteiger partial charge is 0.103 e. The molecule has 1 heteroatoms. The van der Waals surface area contributed by atoms with E-state index in [1.807, 2.05) is 0 Å². The van der Waals surface area contributed by atoms with Crippen LogP contribution in [-0.2, 0) is 0 Å². The van der Waals surface area contributed by atoms with Crippen LogP contribution in [0.5, 0.6) is 0 Å².